The summed E-state index contributed by atoms with van der Waals surface area (Å²) in [6.07, 6.45) is 6.01. The number of hydrogen-bond donors (Lipinski definition) is 1. The molecule has 152 valence electrons. The lowest BCUT2D eigenvalue weighted by molar-refractivity contribution is 0.189. The number of benzene rings is 1. The van der Waals surface area contributed by atoms with Crippen LogP contribution in [0.15, 0.2) is 29.3 Å². The highest BCUT2D eigenvalue weighted by Crippen LogP contribution is 2.43. The van der Waals surface area contributed by atoms with E-state index in [1.165, 1.54) is 36.8 Å². The molecule has 7 heteroatoms. The number of guanidine groups is 1. The second-order valence-electron chi connectivity index (χ2n) is 7.53. The van der Waals surface area contributed by atoms with Gasteiger partial charge in [0.1, 0.15) is 0 Å². The summed E-state index contributed by atoms with van der Waals surface area (Å²) >= 11 is 0. The van der Waals surface area contributed by atoms with Gasteiger partial charge in [0, 0.05) is 37.8 Å². The molecule has 0 amide bonds. The zero-order valence-electron chi connectivity index (χ0n) is 16.4. The Kier molecular flexibility index (Phi) is 7.97. The molecule has 1 atom stereocenters. The van der Waals surface area contributed by atoms with Crippen molar-refractivity contribution in [3.05, 3.63) is 35.4 Å². The average Bonchev–Trinajstić information content (AvgIpc) is 2.66. The number of sulfone groups is 1. The van der Waals surface area contributed by atoms with E-state index in [1.807, 2.05) is 0 Å². The van der Waals surface area contributed by atoms with Crippen LogP contribution in [0.25, 0.3) is 0 Å². The summed E-state index contributed by atoms with van der Waals surface area (Å²) in [5, 5.41) is 3.27. The highest BCUT2D eigenvalue weighted by molar-refractivity contribution is 14.0. The summed E-state index contributed by atoms with van der Waals surface area (Å²) in [6.45, 7) is 4.05. The van der Waals surface area contributed by atoms with Crippen LogP contribution in [0, 0.1) is 0 Å². The maximum Gasteiger partial charge on any atom is 0.193 e. The lowest BCUT2D eigenvalue weighted by atomic mass is 9.66. The number of halogens is 1. The third kappa shape index (κ3) is 5.16. The Morgan fingerprint density at radius 3 is 2.74 bits per heavy atom. The van der Waals surface area contributed by atoms with Crippen LogP contribution in [0.2, 0.25) is 0 Å². The molecular weight excluding hydrogens is 473 g/mol. The molecule has 1 aliphatic carbocycles. The van der Waals surface area contributed by atoms with Gasteiger partial charge in [-0.3, -0.25) is 4.99 Å². The van der Waals surface area contributed by atoms with Crippen molar-refractivity contribution < 1.29 is 8.42 Å². The number of piperidine rings is 1. The smallest absolute Gasteiger partial charge is 0.193 e. The molecule has 1 N–H and O–H groups in total. The molecule has 3 rings (SSSR count). The largest absolute Gasteiger partial charge is 0.355 e. The summed E-state index contributed by atoms with van der Waals surface area (Å²) in [5.74, 6) is 1.18. The lowest BCUT2D eigenvalue weighted by Crippen LogP contribution is -2.53. The summed E-state index contributed by atoms with van der Waals surface area (Å²) in [6, 6.07) is 8.89. The molecule has 1 unspecified atom stereocenters. The van der Waals surface area contributed by atoms with Crippen LogP contribution >= 0.6 is 24.0 Å². The van der Waals surface area contributed by atoms with E-state index in [0.717, 1.165) is 25.5 Å². The van der Waals surface area contributed by atoms with Crippen LogP contribution in [0.1, 0.15) is 43.7 Å². The lowest BCUT2D eigenvalue weighted by Gasteiger charge is -2.47. The predicted molar refractivity (Wildman–Crippen MR) is 123 cm³/mol. The molecule has 1 fully saturated rings. The van der Waals surface area contributed by atoms with E-state index < -0.39 is 9.84 Å². The molecule has 2 aliphatic rings. The number of aryl methyl sites for hydroxylation is 1. The number of rotatable bonds is 4. The Labute approximate surface area is 181 Å². The zero-order valence-corrected chi connectivity index (χ0v) is 19.6. The minimum Gasteiger partial charge on any atom is -0.355 e. The molecule has 0 bridgehead atoms. The molecular formula is C20H32IN3O2S. The first-order valence-corrected chi connectivity index (χ1v) is 11.6. The van der Waals surface area contributed by atoms with Gasteiger partial charge in [-0.15, -0.1) is 24.0 Å². The number of likely N-dealkylation sites (tertiary alicyclic amines) is 1. The Morgan fingerprint density at radius 2 is 2.00 bits per heavy atom. The van der Waals surface area contributed by atoms with Crippen molar-refractivity contribution in [1.29, 1.82) is 0 Å². The second kappa shape index (κ2) is 9.58. The van der Waals surface area contributed by atoms with Gasteiger partial charge in [0.2, 0.25) is 0 Å². The quantitative estimate of drug-likeness (QED) is 0.389. The van der Waals surface area contributed by atoms with Crippen LogP contribution in [0.4, 0.5) is 0 Å². The highest BCUT2D eigenvalue weighted by atomic mass is 127. The topological polar surface area (TPSA) is 61.8 Å². The SMILES string of the molecule is CCS(=O)(=O)CCNC(=NC)N1CCCC2(CCCc3ccccc32)C1.I. The molecule has 0 saturated carbocycles. The number of nitrogens with one attached hydrogen (secondary N) is 1. The Hall–Kier alpha value is -0.830. The molecule has 1 aromatic rings. The third-order valence-corrected chi connectivity index (χ3v) is 7.62. The van der Waals surface area contributed by atoms with Crippen molar-refractivity contribution in [1.82, 2.24) is 10.2 Å². The van der Waals surface area contributed by atoms with Gasteiger partial charge in [-0.25, -0.2) is 8.42 Å². The standard InChI is InChI=1S/C20H31N3O2S.HI/c1-3-26(24,25)15-13-22-19(21-2)23-14-7-12-20(16-23)11-6-9-17-8-4-5-10-18(17)20;/h4-5,8,10H,3,6-7,9,11-16H2,1-2H3,(H,21,22);1H. The first kappa shape index (κ1) is 22.5. The molecule has 5 nitrogen and oxygen atoms in total. The van der Waals surface area contributed by atoms with Crippen LogP contribution in [-0.2, 0) is 21.7 Å². The van der Waals surface area contributed by atoms with E-state index in [9.17, 15) is 8.42 Å². The van der Waals surface area contributed by atoms with Crippen LogP contribution < -0.4 is 5.32 Å². The number of fused-ring (bicyclic) bond motifs is 2. The molecule has 0 aromatic heterocycles. The van der Waals surface area contributed by atoms with Crippen molar-refractivity contribution in [2.24, 2.45) is 4.99 Å². The van der Waals surface area contributed by atoms with Gasteiger partial charge in [0.15, 0.2) is 15.8 Å². The Bertz CT molecular complexity index is 766. The first-order chi connectivity index (χ1) is 12.5. The summed E-state index contributed by atoms with van der Waals surface area (Å²) < 4.78 is 23.5. The molecule has 1 spiro atoms. The van der Waals surface area contributed by atoms with Crippen LogP contribution in [0.5, 0.6) is 0 Å². The van der Waals surface area contributed by atoms with Crippen molar-refractivity contribution >= 4 is 39.8 Å². The van der Waals surface area contributed by atoms with E-state index in [-0.39, 0.29) is 40.9 Å². The van der Waals surface area contributed by atoms with E-state index in [1.54, 1.807) is 14.0 Å². The minimum atomic E-state index is -2.96. The fourth-order valence-corrected chi connectivity index (χ4v) is 5.24. The minimum absolute atomic E-state index is 0. The maximum absolute atomic E-state index is 11.7. The maximum atomic E-state index is 11.7. The van der Waals surface area contributed by atoms with Gasteiger partial charge < -0.3 is 10.2 Å². The van der Waals surface area contributed by atoms with Gasteiger partial charge in [-0.05, 0) is 43.2 Å². The van der Waals surface area contributed by atoms with E-state index in [2.05, 4.69) is 39.5 Å². The highest BCUT2D eigenvalue weighted by Gasteiger charge is 2.40. The van der Waals surface area contributed by atoms with E-state index in [4.69, 9.17) is 0 Å². The average molecular weight is 505 g/mol. The zero-order chi connectivity index (χ0) is 18.6. The normalized spacial score (nSPS) is 22.9. The van der Waals surface area contributed by atoms with Gasteiger partial charge >= 0.3 is 0 Å². The summed E-state index contributed by atoms with van der Waals surface area (Å²) in [4.78, 5) is 6.75. The number of aliphatic imine (C=N–C) groups is 1. The third-order valence-electron chi connectivity index (χ3n) is 5.91. The number of hydrogen-bond acceptors (Lipinski definition) is 3. The fourth-order valence-electron chi connectivity index (χ4n) is 4.54. The molecule has 1 aromatic carbocycles. The monoisotopic (exact) mass is 505 g/mol. The molecule has 1 heterocycles. The van der Waals surface area contributed by atoms with Gasteiger partial charge in [-0.1, -0.05) is 31.2 Å². The number of nitrogens with zero attached hydrogens (tertiary/aromatic N) is 2. The van der Waals surface area contributed by atoms with Gasteiger partial charge in [-0.2, -0.15) is 0 Å². The predicted octanol–water partition coefficient (Wildman–Crippen LogP) is 2.98. The molecule has 1 saturated heterocycles. The van der Waals surface area contributed by atoms with Crippen molar-refractivity contribution in [2.45, 2.75) is 44.4 Å². The molecule has 0 radical (unpaired) electrons. The Balaban J connectivity index is 0.00000261. The molecule has 27 heavy (non-hydrogen) atoms. The summed E-state index contributed by atoms with van der Waals surface area (Å²) in [7, 11) is -1.17. The van der Waals surface area contributed by atoms with Crippen LogP contribution in [-0.4, -0.2) is 57.5 Å². The van der Waals surface area contributed by atoms with Crippen molar-refractivity contribution in [3.8, 4) is 0 Å². The fraction of sp³-hybridized carbons (Fsp3) is 0.650. The second-order valence-corrected chi connectivity index (χ2v) is 10.00. The Morgan fingerprint density at radius 1 is 1.26 bits per heavy atom. The van der Waals surface area contributed by atoms with Gasteiger partial charge in [0.05, 0.1) is 5.75 Å². The first-order valence-electron chi connectivity index (χ1n) is 9.74. The van der Waals surface area contributed by atoms with Crippen molar-refractivity contribution in [2.75, 3.05) is 38.2 Å². The van der Waals surface area contributed by atoms with Crippen LogP contribution in [0.3, 0.4) is 0 Å². The molecule has 1 aliphatic heterocycles. The van der Waals surface area contributed by atoms with Gasteiger partial charge in [0.25, 0.3) is 0 Å². The van der Waals surface area contributed by atoms with Crippen molar-refractivity contribution in [3.63, 3.8) is 0 Å². The summed E-state index contributed by atoms with van der Waals surface area (Å²) in [5.41, 5.74) is 3.22. The van der Waals surface area contributed by atoms with E-state index in [0.29, 0.717) is 6.54 Å². The van der Waals surface area contributed by atoms with E-state index >= 15 is 0 Å².